The van der Waals surface area contributed by atoms with Gasteiger partial charge in [-0.3, -0.25) is 4.79 Å². The van der Waals surface area contributed by atoms with Crippen molar-refractivity contribution in [3.63, 3.8) is 0 Å². The molecule has 0 fully saturated rings. The summed E-state index contributed by atoms with van der Waals surface area (Å²) in [6.07, 6.45) is 1.49. The summed E-state index contributed by atoms with van der Waals surface area (Å²) < 4.78 is 11.6. The van der Waals surface area contributed by atoms with Crippen LogP contribution in [0.25, 0.3) is 6.08 Å². The van der Waals surface area contributed by atoms with E-state index in [9.17, 15) is 10.1 Å². The molecule has 4 aromatic carbocycles. The van der Waals surface area contributed by atoms with Crippen LogP contribution in [0.5, 0.6) is 11.5 Å². The van der Waals surface area contributed by atoms with Crippen molar-refractivity contribution in [2.24, 2.45) is 0 Å². The van der Waals surface area contributed by atoms with Gasteiger partial charge in [0, 0.05) is 5.69 Å². The van der Waals surface area contributed by atoms with Crippen molar-refractivity contribution >= 4 is 29.3 Å². The molecule has 0 aliphatic heterocycles. The van der Waals surface area contributed by atoms with Gasteiger partial charge in [0.15, 0.2) is 0 Å². The normalized spacial score (nSPS) is 10.9. The number of amides is 1. The number of benzene rings is 4. The van der Waals surface area contributed by atoms with Crippen LogP contribution in [-0.2, 0) is 18.0 Å². The number of hydrogen-bond acceptors (Lipinski definition) is 4. The lowest BCUT2D eigenvalue weighted by molar-refractivity contribution is -0.112. The first kappa shape index (κ1) is 26.5. The molecule has 0 aliphatic rings. The van der Waals surface area contributed by atoms with Gasteiger partial charge in [-0.15, -0.1) is 0 Å². The van der Waals surface area contributed by atoms with E-state index in [4.69, 9.17) is 21.1 Å². The molecule has 0 saturated carbocycles. The van der Waals surface area contributed by atoms with Crippen molar-refractivity contribution in [3.05, 3.63) is 129 Å². The van der Waals surface area contributed by atoms with Gasteiger partial charge in [-0.1, -0.05) is 66.2 Å². The van der Waals surface area contributed by atoms with Crippen LogP contribution in [0.15, 0.2) is 96.6 Å². The molecule has 6 heteroatoms. The average Bonchev–Trinajstić information content (AvgIpc) is 2.93. The molecule has 1 N–H and O–H groups in total. The van der Waals surface area contributed by atoms with Gasteiger partial charge in [-0.2, -0.15) is 5.26 Å². The SMILES string of the molecule is Cc1ccc(COc2ccc(/C=C(\C#N)C(=O)Nc3ccc(OCc4ccccc4)cc3)cc2Cl)cc1C. The fraction of sp³-hybridized carbons (Fsp3) is 0.125. The minimum absolute atomic E-state index is 0.0470. The first-order valence-electron chi connectivity index (χ1n) is 12.1. The largest absolute Gasteiger partial charge is 0.489 e. The van der Waals surface area contributed by atoms with Crippen LogP contribution in [0.4, 0.5) is 5.69 Å². The van der Waals surface area contributed by atoms with Crippen molar-refractivity contribution < 1.29 is 14.3 Å². The Morgan fingerprint density at radius 2 is 1.61 bits per heavy atom. The van der Waals surface area contributed by atoms with Gasteiger partial charge in [0.05, 0.1) is 5.02 Å². The summed E-state index contributed by atoms with van der Waals surface area (Å²) in [6.45, 7) is 4.97. The molecule has 0 aromatic heterocycles. The Labute approximate surface area is 227 Å². The van der Waals surface area contributed by atoms with E-state index in [1.54, 1.807) is 42.5 Å². The third kappa shape index (κ3) is 7.25. The minimum Gasteiger partial charge on any atom is -0.489 e. The average molecular weight is 523 g/mol. The zero-order valence-corrected chi connectivity index (χ0v) is 22.0. The molecular weight excluding hydrogens is 496 g/mol. The molecule has 0 radical (unpaired) electrons. The van der Waals surface area contributed by atoms with E-state index in [2.05, 4.69) is 31.3 Å². The summed E-state index contributed by atoms with van der Waals surface area (Å²) in [4.78, 5) is 12.7. The van der Waals surface area contributed by atoms with E-state index in [0.717, 1.165) is 11.1 Å². The summed E-state index contributed by atoms with van der Waals surface area (Å²) in [5.41, 5.74) is 5.66. The molecular formula is C32H27ClN2O3. The third-order valence-corrected chi connectivity index (χ3v) is 6.25. The first-order chi connectivity index (χ1) is 18.4. The highest BCUT2D eigenvalue weighted by Gasteiger charge is 2.11. The summed E-state index contributed by atoms with van der Waals surface area (Å²) >= 11 is 6.42. The Bertz CT molecular complexity index is 1490. The fourth-order valence-corrected chi connectivity index (χ4v) is 3.91. The molecule has 0 saturated heterocycles. The van der Waals surface area contributed by atoms with Crippen molar-refractivity contribution in [2.45, 2.75) is 27.1 Å². The van der Waals surface area contributed by atoms with Gasteiger partial charge < -0.3 is 14.8 Å². The second kappa shape index (κ2) is 12.6. The van der Waals surface area contributed by atoms with Crippen molar-refractivity contribution in [1.29, 1.82) is 5.26 Å². The molecule has 5 nitrogen and oxygen atoms in total. The summed E-state index contributed by atoms with van der Waals surface area (Å²) in [7, 11) is 0. The highest BCUT2D eigenvalue weighted by Crippen LogP contribution is 2.28. The van der Waals surface area contributed by atoms with E-state index in [1.165, 1.54) is 17.2 Å². The molecule has 0 spiro atoms. The van der Waals surface area contributed by atoms with Crippen LogP contribution < -0.4 is 14.8 Å². The monoisotopic (exact) mass is 522 g/mol. The second-order valence-corrected chi connectivity index (χ2v) is 9.23. The van der Waals surface area contributed by atoms with Crippen molar-refractivity contribution in [3.8, 4) is 17.6 Å². The number of ether oxygens (including phenoxy) is 2. The first-order valence-corrected chi connectivity index (χ1v) is 12.5. The summed E-state index contributed by atoms with van der Waals surface area (Å²) in [6, 6.07) is 30.1. The Morgan fingerprint density at radius 3 is 2.29 bits per heavy atom. The van der Waals surface area contributed by atoms with Gasteiger partial charge >= 0.3 is 0 Å². The van der Waals surface area contributed by atoms with Crippen LogP contribution in [0.3, 0.4) is 0 Å². The van der Waals surface area contributed by atoms with Crippen LogP contribution in [-0.4, -0.2) is 5.91 Å². The van der Waals surface area contributed by atoms with Crippen molar-refractivity contribution in [2.75, 3.05) is 5.32 Å². The smallest absolute Gasteiger partial charge is 0.266 e. The Kier molecular flexibility index (Phi) is 8.81. The Morgan fingerprint density at radius 1 is 0.868 bits per heavy atom. The number of nitrogens with one attached hydrogen (secondary N) is 1. The molecule has 190 valence electrons. The number of halogens is 1. The zero-order valence-electron chi connectivity index (χ0n) is 21.2. The van der Waals surface area contributed by atoms with Gasteiger partial charge in [0.25, 0.3) is 5.91 Å². The second-order valence-electron chi connectivity index (χ2n) is 8.82. The fourth-order valence-electron chi connectivity index (χ4n) is 3.67. The topological polar surface area (TPSA) is 71.3 Å². The molecule has 1 amide bonds. The summed E-state index contributed by atoms with van der Waals surface area (Å²) in [5.74, 6) is 0.689. The number of nitrogens with zero attached hydrogens (tertiary/aromatic N) is 1. The van der Waals surface area contributed by atoms with Gasteiger partial charge in [0.1, 0.15) is 36.4 Å². The summed E-state index contributed by atoms with van der Waals surface area (Å²) in [5, 5.41) is 12.7. The highest BCUT2D eigenvalue weighted by atomic mass is 35.5. The Balaban J connectivity index is 1.36. The van der Waals surface area contributed by atoms with Crippen LogP contribution >= 0.6 is 11.6 Å². The molecule has 0 heterocycles. The van der Waals surface area contributed by atoms with E-state index in [1.807, 2.05) is 42.5 Å². The van der Waals surface area contributed by atoms with Gasteiger partial charge in [-0.25, -0.2) is 0 Å². The van der Waals surface area contributed by atoms with E-state index in [0.29, 0.717) is 41.0 Å². The lowest BCUT2D eigenvalue weighted by Crippen LogP contribution is -2.13. The number of carbonyl (C=O) groups is 1. The Hall–Kier alpha value is -4.53. The third-order valence-electron chi connectivity index (χ3n) is 5.96. The number of hydrogen-bond donors (Lipinski definition) is 1. The lowest BCUT2D eigenvalue weighted by atomic mass is 10.1. The standard InChI is InChI=1S/C32H27ClN2O3/c1-22-8-9-26(16-23(22)2)21-38-31-15-10-25(18-30(31)33)17-27(19-34)32(36)35-28-11-13-29(14-12-28)37-20-24-6-4-3-5-7-24/h3-18H,20-21H2,1-2H3,(H,35,36)/b27-17+. The number of nitriles is 1. The molecule has 4 rings (SSSR count). The molecule has 4 aromatic rings. The zero-order chi connectivity index (χ0) is 26.9. The number of carbonyl (C=O) groups excluding carboxylic acids is 1. The van der Waals surface area contributed by atoms with Gasteiger partial charge in [0.2, 0.25) is 0 Å². The molecule has 38 heavy (non-hydrogen) atoms. The van der Waals surface area contributed by atoms with E-state index in [-0.39, 0.29) is 5.57 Å². The number of rotatable bonds is 9. The highest BCUT2D eigenvalue weighted by molar-refractivity contribution is 6.32. The van der Waals surface area contributed by atoms with E-state index < -0.39 is 5.91 Å². The maximum absolute atomic E-state index is 12.7. The van der Waals surface area contributed by atoms with Crippen LogP contribution in [0.2, 0.25) is 5.02 Å². The molecule has 0 unspecified atom stereocenters. The predicted octanol–water partition coefficient (Wildman–Crippen LogP) is 7.66. The van der Waals surface area contributed by atoms with Gasteiger partial charge in [-0.05, 0) is 84.1 Å². The molecule has 0 atom stereocenters. The lowest BCUT2D eigenvalue weighted by Gasteiger charge is -2.10. The van der Waals surface area contributed by atoms with Crippen molar-refractivity contribution in [1.82, 2.24) is 0 Å². The van der Waals surface area contributed by atoms with E-state index >= 15 is 0 Å². The predicted molar refractivity (Wildman–Crippen MR) is 151 cm³/mol. The number of aryl methyl sites for hydroxylation is 2. The molecule has 0 bridgehead atoms. The number of anilines is 1. The van der Waals surface area contributed by atoms with Crippen LogP contribution in [0, 0.1) is 25.2 Å². The molecule has 0 aliphatic carbocycles. The minimum atomic E-state index is -0.517. The maximum Gasteiger partial charge on any atom is 0.266 e. The van der Waals surface area contributed by atoms with Crippen LogP contribution in [0.1, 0.15) is 27.8 Å². The maximum atomic E-state index is 12.7. The quantitative estimate of drug-likeness (QED) is 0.181.